The molecular formula is C12H13BrN2S. The Kier molecular flexibility index (Phi) is 3.46. The van der Waals surface area contributed by atoms with E-state index in [1.54, 1.807) is 0 Å². The molecule has 0 amide bonds. The highest BCUT2D eigenvalue weighted by Crippen LogP contribution is 2.42. The fourth-order valence-corrected chi connectivity index (χ4v) is 3.81. The molecule has 4 heteroatoms. The van der Waals surface area contributed by atoms with Crippen LogP contribution in [-0.2, 0) is 0 Å². The molecule has 84 valence electrons. The zero-order valence-electron chi connectivity index (χ0n) is 9.27. The average molecular weight is 297 g/mol. The van der Waals surface area contributed by atoms with Crippen molar-refractivity contribution in [2.24, 2.45) is 0 Å². The van der Waals surface area contributed by atoms with Crippen molar-refractivity contribution in [3.63, 3.8) is 0 Å². The van der Waals surface area contributed by atoms with E-state index in [0.717, 1.165) is 4.47 Å². The van der Waals surface area contributed by atoms with Crippen LogP contribution in [0.4, 0.5) is 5.69 Å². The van der Waals surface area contributed by atoms with Crippen molar-refractivity contribution in [3.05, 3.63) is 22.7 Å². The van der Waals surface area contributed by atoms with E-state index < -0.39 is 0 Å². The molecule has 0 radical (unpaired) electrons. The normalized spacial score (nSPS) is 23.8. The number of halogens is 1. The molecule has 0 bridgehead atoms. The first kappa shape index (κ1) is 11.8. The van der Waals surface area contributed by atoms with Gasteiger partial charge in [0.1, 0.15) is 0 Å². The lowest BCUT2D eigenvalue weighted by atomic mass is 10.1. The summed E-state index contributed by atoms with van der Waals surface area (Å²) in [6.07, 6.45) is 0.599. The lowest BCUT2D eigenvalue weighted by Gasteiger charge is -2.38. The van der Waals surface area contributed by atoms with Gasteiger partial charge >= 0.3 is 0 Å². The Labute approximate surface area is 109 Å². The maximum atomic E-state index is 8.83. The van der Waals surface area contributed by atoms with Gasteiger partial charge in [-0.1, -0.05) is 15.9 Å². The Bertz CT molecular complexity index is 441. The molecule has 1 aromatic carbocycles. The van der Waals surface area contributed by atoms with E-state index in [1.807, 2.05) is 11.8 Å². The van der Waals surface area contributed by atoms with Gasteiger partial charge in [0.2, 0.25) is 0 Å². The lowest BCUT2D eigenvalue weighted by molar-refractivity contribution is 0.638. The predicted octanol–water partition coefficient (Wildman–Crippen LogP) is 3.66. The number of benzene rings is 1. The average Bonchev–Trinajstić information content (AvgIpc) is 2.25. The fraction of sp³-hybridized carbons (Fsp3) is 0.417. The molecule has 0 aromatic heterocycles. The molecule has 0 N–H and O–H groups in total. The molecule has 0 aliphatic carbocycles. The Morgan fingerprint density at radius 3 is 3.00 bits per heavy atom. The van der Waals surface area contributed by atoms with Gasteiger partial charge in [0.05, 0.1) is 11.8 Å². The van der Waals surface area contributed by atoms with E-state index in [1.165, 1.54) is 10.6 Å². The quantitative estimate of drug-likeness (QED) is 0.791. The Balaban J connectivity index is 2.37. The largest absolute Gasteiger partial charge is 0.370 e. The topological polar surface area (TPSA) is 27.0 Å². The van der Waals surface area contributed by atoms with Crippen LogP contribution in [-0.4, -0.2) is 18.3 Å². The highest BCUT2D eigenvalue weighted by molar-refractivity contribution is 9.10. The predicted molar refractivity (Wildman–Crippen MR) is 71.9 cm³/mol. The van der Waals surface area contributed by atoms with E-state index in [9.17, 15) is 0 Å². The zero-order chi connectivity index (χ0) is 11.7. The van der Waals surface area contributed by atoms with Gasteiger partial charge in [0, 0.05) is 34.1 Å². The van der Waals surface area contributed by atoms with Gasteiger partial charge in [-0.3, -0.25) is 0 Å². The lowest BCUT2D eigenvalue weighted by Crippen LogP contribution is -2.40. The number of hydrogen-bond donors (Lipinski definition) is 0. The number of anilines is 1. The second kappa shape index (κ2) is 4.68. The summed E-state index contributed by atoms with van der Waals surface area (Å²) in [6, 6.07) is 9.00. The van der Waals surface area contributed by atoms with Crippen LogP contribution in [0.15, 0.2) is 27.6 Å². The van der Waals surface area contributed by atoms with Crippen LogP contribution in [0.3, 0.4) is 0 Å². The molecule has 2 rings (SSSR count). The molecule has 1 aliphatic rings. The summed E-state index contributed by atoms with van der Waals surface area (Å²) in [5, 5.41) is 9.19. The van der Waals surface area contributed by atoms with Crippen LogP contribution in [0, 0.1) is 11.3 Å². The van der Waals surface area contributed by atoms with Crippen molar-refractivity contribution in [3.8, 4) is 6.07 Å². The number of fused-ring (bicyclic) bond motifs is 1. The molecule has 1 aliphatic heterocycles. The van der Waals surface area contributed by atoms with Crippen molar-refractivity contribution in [2.45, 2.75) is 29.5 Å². The van der Waals surface area contributed by atoms with Gasteiger partial charge < -0.3 is 4.90 Å². The molecule has 0 fully saturated rings. The third-order valence-electron chi connectivity index (χ3n) is 3.02. The van der Waals surface area contributed by atoms with Crippen LogP contribution in [0.25, 0.3) is 0 Å². The highest BCUT2D eigenvalue weighted by atomic mass is 79.9. The molecule has 0 saturated carbocycles. The second-order valence-corrected chi connectivity index (χ2v) is 6.18. The SMILES string of the molecule is CC1C(CC#N)Sc2cc(Br)ccc2N1C. The summed E-state index contributed by atoms with van der Waals surface area (Å²) >= 11 is 5.30. The van der Waals surface area contributed by atoms with E-state index >= 15 is 0 Å². The Morgan fingerprint density at radius 1 is 1.56 bits per heavy atom. The molecule has 1 heterocycles. The summed E-state index contributed by atoms with van der Waals surface area (Å²) in [5.74, 6) is 0. The van der Waals surface area contributed by atoms with Crippen molar-refractivity contribution < 1.29 is 0 Å². The fourth-order valence-electron chi connectivity index (χ4n) is 1.91. The first-order valence-electron chi connectivity index (χ1n) is 5.19. The number of thioether (sulfide) groups is 1. The molecule has 0 spiro atoms. The number of nitrogens with zero attached hydrogens (tertiary/aromatic N) is 2. The van der Waals surface area contributed by atoms with Crippen LogP contribution in [0.2, 0.25) is 0 Å². The first-order valence-corrected chi connectivity index (χ1v) is 6.86. The minimum atomic E-state index is 0.358. The zero-order valence-corrected chi connectivity index (χ0v) is 11.7. The maximum absolute atomic E-state index is 8.83. The Morgan fingerprint density at radius 2 is 2.31 bits per heavy atom. The van der Waals surface area contributed by atoms with Gasteiger partial charge in [-0.05, 0) is 25.1 Å². The van der Waals surface area contributed by atoms with Crippen LogP contribution < -0.4 is 4.90 Å². The van der Waals surface area contributed by atoms with Crippen molar-refractivity contribution in [1.82, 2.24) is 0 Å². The third kappa shape index (κ3) is 2.07. The van der Waals surface area contributed by atoms with Crippen molar-refractivity contribution in [1.29, 1.82) is 5.26 Å². The minimum Gasteiger partial charge on any atom is -0.370 e. The molecular weight excluding hydrogens is 284 g/mol. The molecule has 2 nitrogen and oxygen atoms in total. The van der Waals surface area contributed by atoms with Crippen molar-refractivity contribution >= 4 is 33.4 Å². The van der Waals surface area contributed by atoms with E-state index in [2.05, 4.69) is 59.1 Å². The Hall–Kier alpha value is -0.660. The second-order valence-electron chi connectivity index (χ2n) is 3.98. The minimum absolute atomic E-state index is 0.358. The van der Waals surface area contributed by atoms with Gasteiger partial charge in [0.25, 0.3) is 0 Å². The van der Waals surface area contributed by atoms with E-state index in [0.29, 0.717) is 17.7 Å². The van der Waals surface area contributed by atoms with Crippen LogP contribution >= 0.6 is 27.7 Å². The van der Waals surface area contributed by atoms with E-state index in [-0.39, 0.29) is 0 Å². The molecule has 1 aromatic rings. The summed E-state index contributed by atoms with van der Waals surface area (Å²) in [4.78, 5) is 3.52. The molecule has 0 saturated heterocycles. The van der Waals surface area contributed by atoms with Gasteiger partial charge in [-0.15, -0.1) is 11.8 Å². The molecule has 2 unspecified atom stereocenters. The number of hydrogen-bond acceptors (Lipinski definition) is 3. The molecule has 16 heavy (non-hydrogen) atoms. The van der Waals surface area contributed by atoms with Crippen molar-refractivity contribution in [2.75, 3.05) is 11.9 Å². The van der Waals surface area contributed by atoms with Gasteiger partial charge in [-0.25, -0.2) is 0 Å². The molecule has 2 atom stereocenters. The standard InChI is InChI=1S/C12H13BrN2S/c1-8-11(5-6-14)16-12-7-9(13)3-4-10(12)15(8)2/h3-4,7-8,11H,5H2,1-2H3. The third-order valence-corrected chi connectivity index (χ3v) is 4.96. The summed E-state index contributed by atoms with van der Waals surface area (Å²) in [5.41, 5.74) is 1.26. The maximum Gasteiger partial charge on any atom is 0.0634 e. The highest BCUT2D eigenvalue weighted by Gasteiger charge is 2.29. The van der Waals surface area contributed by atoms with E-state index in [4.69, 9.17) is 5.26 Å². The summed E-state index contributed by atoms with van der Waals surface area (Å²) in [7, 11) is 2.10. The van der Waals surface area contributed by atoms with Crippen LogP contribution in [0.1, 0.15) is 13.3 Å². The van der Waals surface area contributed by atoms with Gasteiger partial charge in [0.15, 0.2) is 0 Å². The monoisotopic (exact) mass is 296 g/mol. The smallest absolute Gasteiger partial charge is 0.0634 e. The van der Waals surface area contributed by atoms with Gasteiger partial charge in [-0.2, -0.15) is 5.26 Å². The van der Waals surface area contributed by atoms with Crippen LogP contribution in [0.5, 0.6) is 0 Å². The number of rotatable bonds is 1. The summed E-state index contributed by atoms with van der Waals surface area (Å²) < 4.78 is 1.09. The summed E-state index contributed by atoms with van der Waals surface area (Å²) in [6.45, 7) is 2.18. The number of nitriles is 1. The first-order chi connectivity index (χ1) is 7.63.